The van der Waals surface area contributed by atoms with Crippen molar-refractivity contribution < 1.29 is 0 Å². The van der Waals surface area contributed by atoms with Gasteiger partial charge in [-0.05, 0) is 64.6 Å². The Balaban J connectivity index is 3.71. The molecular formula is C15H31N3S2. The van der Waals surface area contributed by atoms with Crippen LogP contribution in [0.3, 0.4) is 0 Å². The van der Waals surface area contributed by atoms with Gasteiger partial charge in [0.05, 0.1) is 4.99 Å². The van der Waals surface area contributed by atoms with Crippen LogP contribution in [-0.2, 0) is 0 Å². The molecule has 5 heteroatoms. The summed E-state index contributed by atoms with van der Waals surface area (Å²) in [5, 5.41) is 10.6. The molecule has 0 saturated heterocycles. The minimum Gasteiger partial charge on any atom is -0.380 e. The molecule has 0 aromatic heterocycles. The van der Waals surface area contributed by atoms with Crippen molar-refractivity contribution >= 4 is 34.5 Å². The van der Waals surface area contributed by atoms with Crippen molar-refractivity contribution in [2.24, 2.45) is 5.92 Å². The van der Waals surface area contributed by atoms with Crippen LogP contribution in [0.5, 0.6) is 0 Å². The molecule has 0 aliphatic rings. The van der Waals surface area contributed by atoms with Gasteiger partial charge in [-0.3, -0.25) is 0 Å². The van der Waals surface area contributed by atoms with Crippen LogP contribution in [0.25, 0.3) is 0 Å². The summed E-state index contributed by atoms with van der Waals surface area (Å²) < 4.78 is 0. The number of thiocarbonyl (C=S) groups is 2. The molecule has 0 radical (unpaired) electrons. The molecule has 0 aromatic carbocycles. The second kappa shape index (κ2) is 10.3. The third-order valence-electron chi connectivity index (χ3n) is 2.86. The van der Waals surface area contributed by atoms with Crippen molar-refractivity contribution in [1.82, 2.24) is 16.0 Å². The molecule has 0 atom stereocenters. The summed E-state index contributed by atoms with van der Waals surface area (Å²) >= 11 is 10.5. The topological polar surface area (TPSA) is 36.1 Å². The molecule has 0 aliphatic heterocycles. The summed E-state index contributed by atoms with van der Waals surface area (Å²) in [6, 6.07) is 0. The van der Waals surface area contributed by atoms with Gasteiger partial charge >= 0.3 is 0 Å². The summed E-state index contributed by atoms with van der Waals surface area (Å²) in [6.07, 6.45) is 4.24. The summed E-state index contributed by atoms with van der Waals surface area (Å²) in [6.45, 7) is 12.7. The third-order valence-corrected chi connectivity index (χ3v) is 3.46. The van der Waals surface area contributed by atoms with Gasteiger partial charge in [-0.25, -0.2) is 0 Å². The maximum atomic E-state index is 5.34. The molecule has 0 unspecified atom stereocenters. The first-order valence-corrected chi connectivity index (χ1v) is 8.41. The maximum absolute atomic E-state index is 5.34. The van der Waals surface area contributed by atoms with Gasteiger partial charge in [-0.2, -0.15) is 0 Å². The molecule has 20 heavy (non-hydrogen) atoms. The summed E-state index contributed by atoms with van der Waals surface area (Å²) in [5.74, 6) is 0.660. The molecule has 3 N–H and O–H groups in total. The molecule has 118 valence electrons. The van der Waals surface area contributed by atoms with Gasteiger partial charge in [-0.15, -0.1) is 0 Å². The van der Waals surface area contributed by atoms with E-state index in [4.69, 9.17) is 24.4 Å². The Bertz CT molecular complexity index is 301. The fourth-order valence-electron chi connectivity index (χ4n) is 2.32. The van der Waals surface area contributed by atoms with Crippen LogP contribution in [0.4, 0.5) is 0 Å². The Morgan fingerprint density at radius 2 is 1.75 bits per heavy atom. The Hall–Kier alpha value is -0.420. The van der Waals surface area contributed by atoms with E-state index in [0.29, 0.717) is 5.92 Å². The van der Waals surface area contributed by atoms with E-state index in [1.807, 2.05) is 0 Å². The molecule has 0 bridgehead atoms. The Morgan fingerprint density at radius 3 is 2.30 bits per heavy atom. The SMILES string of the molecule is CCNC(=S)CCCCNC(=S)NC(C)(C)CC(C)C. The molecule has 0 heterocycles. The van der Waals surface area contributed by atoms with E-state index in [2.05, 4.69) is 50.6 Å². The van der Waals surface area contributed by atoms with Crippen molar-refractivity contribution in [3.63, 3.8) is 0 Å². The quantitative estimate of drug-likeness (QED) is 0.449. The van der Waals surface area contributed by atoms with Gasteiger partial charge < -0.3 is 16.0 Å². The number of nitrogens with one attached hydrogen (secondary N) is 3. The Labute approximate surface area is 135 Å². The van der Waals surface area contributed by atoms with E-state index in [-0.39, 0.29) is 5.54 Å². The fraction of sp³-hybridized carbons (Fsp3) is 0.867. The number of unbranched alkanes of at least 4 members (excludes halogenated alkanes) is 1. The van der Waals surface area contributed by atoms with Crippen LogP contribution in [0.15, 0.2) is 0 Å². The van der Waals surface area contributed by atoms with Gasteiger partial charge in [0.1, 0.15) is 0 Å². The number of hydrogen-bond donors (Lipinski definition) is 3. The highest BCUT2D eigenvalue weighted by atomic mass is 32.1. The van der Waals surface area contributed by atoms with Crippen molar-refractivity contribution in [3.05, 3.63) is 0 Å². The van der Waals surface area contributed by atoms with Crippen molar-refractivity contribution in [1.29, 1.82) is 0 Å². The standard InChI is InChI=1S/C15H31N3S2/c1-6-16-13(19)9-7-8-10-17-14(20)18-15(4,5)11-12(2)3/h12H,6-11H2,1-5H3,(H,16,19)(H2,17,18,20). The zero-order valence-electron chi connectivity index (χ0n) is 13.6. The summed E-state index contributed by atoms with van der Waals surface area (Å²) in [5.41, 5.74) is 0.0465. The average Bonchev–Trinajstić information content (AvgIpc) is 2.26. The van der Waals surface area contributed by atoms with E-state index in [9.17, 15) is 0 Å². The normalized spacial score (nSPS) is 11.3. The Kier molecular flexibility index (Phi) is 10.1. The molecule has 0 saturated carbocycles. The molecule has 0 fully saturated rings. The highest BCUT2D eigenvalue weighted by Crippen LogP contribution is 2.15. The average molecular weight is 318 g/mol. The first-order chi connectivity index (χ1) is 9.26. The molecule has 3 nitrogen and oxygen atoms in total. The second-order valence-corrected chi connectivity index (χ2v) is 7.17. The van der Waals surface area contributed by atoms with Crippen LogP contribution >= 0.6 is 24.4 Å². The number of rotatable bonds is 9. The highest BCUT2D eigenvalue weighted by molar-refractivity contribution is 7.80. The van der Waals surface area contributed by atoms with Crippen molar-refractivity contribution in [2.45, 2.75) is 65.8 Å². The monoisotopic (exact) mass is 317 g/mol. The molecule has 0 aliphatic carbocycles. The van der Waals surface area contributed by atoms with Crippen LogP contribution < -0.4 is 16.0 Å². The molecular weight excluding hydrogens is 286 g/mol. The van der Waals surface area contributed by atoms with Gasteiger partial charge in [0.25, 0.3) is 0 Å². The van der Waals surface area contributed by atoms with E-state index in [1.54, 1.807) is 0 Å². The molecule has 0 rings (SSSR count). The van der Waals surface area contributed by atoms with Gasteiger partial charge in [0, 0.05) is 18.6 Å². The van der Waals surface area contributed by atoms with Gasteiger partial charge in [0.2, 0.25) is 0 Å². The Morgan fingerprint density at radius 1 is 1.10 bits per heavy atom. The molecule has 0 amide bonds. The number of hydrogen-bond acceptors (Lipinski definition) is 2. The van der Waals surface area contributed by atoms with Gasteiger partial charge in [-0.1, -0.05) is 26.1 Å². The lowest BCUT2D eigenvalue weighted by Crippen LogP contribution is -2.49. The molecule has 0 spiro atoms. The van der Waals surface area contributed by atoms with Crippen LogP contribution in [0.1, 0.15) is 60.3 Å². The first kappa shape index (κ1) is 19.6. The molecule has 0 aromatic rings. The third kappa shape index (κ3) is 11.4. The van der Waals surface area contributed by atoms with Crippen molar-refractivity contribution in [2.75, 3.05) is 13.1 Å². The van der Waals surface area contributed by atoms with E-state index >= 15 is 0 Å². The highest BCUT2D eigenvalue weighted by Gasteiger charge is 2.19. The maximum Gasteiger partial charge on any atom is 0.166 e. The summed E-state index contributed by atoms with van der Waals surface area (Å²) in [7, 11) is 0. The zero-order valence-corrected chi connectivity index (χ0v) is 15.3. The lowest BCUT2D eigenvalue weighted by molar-refractivity contribution is 0.362. The van der Waals surface area contributed by atoms with Gasteiger partial charge in [0.15, 0.2) is 5.11 Å². The first-order valence-electron chi connectivity index (χ1n) is 7.59. The zero-order chi connectivity index (χ0) is 15.6. The second-order valence-electron chi connectivity index (χ2n) is 6.27. The van der Waals surface area contributed by atoms with E-state index in [0.717, 1.165) is 48.9 Å². The minimum atomic E-state index is 0.0465. The van der Waals surface area contributed by atoms with Crippen LogP contribution in [-0.4, -0.2) is 28.7 Å². The van der Waals surface area contributed by atoms with Crippen LogP contribution in [0, 0.1) is 5.92 Å². The lowest BCUT2D eigenvalue weighted by Gasteiger charge is -2.29. The van der Waals surface area contributed by atoms with E-state index < -0.39 is 0 Å². The summed E-state index contributed by atoms with van der Waals surface area (Å²) in [4.78, 5) is 0.964. The smallest absolute Gasteiger partial charge is 0.166 e. The van der Waals surface area contributed by atoms with Crippen molar-refractivity contribution in [3.8, 4) is 0 Å². The predicted molar refractivity (Wildman–Crippen MR) is 97.4 cm³/mol. The lowest BCUT2D eigenvalue weighted by atomic mass is 9.93. The van der Waals surface area contributed by atoms with E-state index in [1.165, 1.54) is 0 Å². The fourth-order valence-corrected chi connectivity index (χ4v) is 2.99. The minimum absolute atomic E-state index is 0.0465. The largest absolute Gasteiger partial charge is 0.380 e. The van der Waals surface area contributed by atoms with Crippen LogP contribution in [0.2, 0.25) is 0 Å². The predicted octanol–water partition coefficient (Wildman–Crippen LogP) is 3.38.